The highest BCUT2D eigenvalue weighted by atomic mass is 16.5. The molecule has 5 nitrogen and oxygen atoms in total. The van der Waals surface area contributed by atoms with E-state index in [0.717, 1.165) is 5.56 Å². The number of benzene rings is 2. The van der Waals surface area contributed by atoms with Crippen LogP contribution in [0.5, 0.6) is 5.75 Å². The average Bonchev–Trinajstić information content (AvgIpc) is 2.70. The Kier molecular flexibility index (Phi) is 5.78. The molecule has 0 unspecified atom stereocenters. The normalized spacial score (nSPS) is 11.5. The highest BCUT2D eigenvalue weighted by Gasteiger charge is 2.18. The number of fused-ring (bicyclic) bond motifs is 1. The van der Waals surface area contributed by atoms with Gasteiger partial charge in [0.05, 0.1) is 23.6 Å². The molecule has 0 aliphatic carbocycles. The molecular weight excluding hydrogens is 368 g/mol. The Morgan fingerprint density at radius 3 is 2.34 bits per heavy atom. The summed E-state index contributed by atoms with van der Waals surface area (Å²) in [6.07, 6.45) is 0.585. The number of carbonyl (C=O) groups is 1. The van der Waals surface area contributed by atoms with Gasteiger partial charge in [-0.1, -0.05) is 39.8 Å². The van der Waals surface area contributed by atoms with Gasteiger partial charge >= 0.3 is 5.97 Å². The number of methoxy groups -OCH3 is 1. The molecule has 152 valence electrons. The second kappa shape index (κ2) is 8.11. The van der Waals surface area contributed by atoms with E-state index in [9.17, 15) is 9.59 Å². The van der Waals surface area contributed by atoms with E-state index in [-0.39, 0.29) is 17.5 Å². The molecule has 3 rings (SSSR count). The lowest BCUT2D eigenvalue weighted by Crippen LogP contribution is -2.12. The lowest BCUT2D eigenvalue weighted by molar-refractivity contribution is 0.0471. The summed E-state index contributed by atoms with van der Waals surface area (Å²) in [4.78, 5) is 24.9. The summed E-state index contributed by atoms with van der Waals surface area (Å²) in [5, 5.41) is 0.434. The van der Waals surface area contributed by atoms with Crippen molar-refractivity contribution < 1.29 is 18.7 Å². The van der Waals surface area contributed by atoms with E-state index in [2.05, 4.69) is 20.8 Å². The first-order valence-electron chi connectivity index (χ1n) is 9.65. The van der Waals surface area contributed by atoms with E-state index in [1.807, 2.05) is 19.1 Å². The van der Waals surface area contributed by atoms with Crippen LogP contribution in [0, 0.1) is 0 Å². The van der Waals surface area contributed by atoms with Gasteiger partial charge in [0, 0.05) is 12.5 Å². The van der Waals surface area contributed by atoms with Gasteiger partial charge in [-0.05, 0) is 35.2 Å². The van der Waals surface area contributed by atoms with E-state index in [4.69, 9.17) is 13.9 Å². The Bertz CT molecular complexity index is 1090. The van der Waals surface area contributed by atoms with Gasteiger partial charge < -0.3 is 13.9 Å². The highest BCUT2D eigenvalue weighted by molar-refractivity contribution is 5.90. The van der Waals surface area contributed by atoms with Crippen LogP contribution in [0.3, 0.4) is 0 Å². The van der Waals surface area contributed by atoms with E-state index < -0.39 is 5.97 Å². The van der Waals surface area contributed by atoms with Gasteiger partial charge in [0.1, 0.15) is 23.7 Å². The van der Waals surface area contributed by atoms with Crippen molar-refractivity contribution in [3.8, 4) is 5.75 Å². The molecule has 0 saturated carbocycles. The number of ether oxygens (including phenoxy) is 2. The van der Waals surface area contributed by atoms with E-state index in [1.54, 1.807) is 24.3 Å². The lowest BCUT2D eigenvalue weighted by atomic mass is 9.87. The molecule has 29 heavy (non-hydrogen) atoms. The molecule has 0 bridgehead atoms. The van der Waals surface area contributed by atoms with Crippen LogP contribution in [0.15, 0.2) is 51.7 Å². The molecule has 2 aromatic carbocycles. The van der Waals surface area contributed by atoms with Crippen molar-refractivity contribution >= 4 is 16.9 Å². The first-order valence-corrected chi connectivity index (χ1v) is 9.65. The van der Waals surface area contributed by atoms with Crippen molar-refractivity contribution in [2.24, 2.45) is 0 Å². The van der Waals surface area contributed by atoms with E-state index in [1.165, 1.54) is 13.2 Å². The maximum atomic E-state index is 12.5. The molecule has 0 radical (unpaired) electrons. The minimum atomic E-state index is -0.446. The molecule has 1 heterocycles. The zero-order valence-corrected chi connectivity index (χ0v) is 17.5. The van der Waals surface area contributed by atoms with Crippen molar-refractivity contribution in [1.29, 1.82) is 0 Å². The van der Waals surface area contributed by atoms with Gasteiger partial charge in [0.2, 0.25) is 0 Å². The zero-order valence-electron chi connectivity index (χ0n) is 17.5. The molecule has 0 saturated heterocycles. The van der Waals surface area contributed by atoms with Crippen molar-refractivity contribution in [2.75, 3.05) is 7.11 Å². The molecular formula is C24H26O5. The van der Waals surface area contributed by atoms with Gasteiger partial charge in [-0.15, -0.1) is 0 Å². The first-order chi connectivity index (χ1) is 13.7. The fraction of sp³-hybridized carbons (Fsp3) is 0.333. The minimum absolute atomic E-state index is 0.00722. The Balaban J connectivity index is 1.90. The summed E-state index contributed by atoms with van der Waals surface area (Å²) in [6, 6.07) is 12.2. The third kappa shape index (κ3) is 4.34. The third-order valence-corrected chi connectivity index (χ3v) is 4.91. The highest BCUT2D eigenvalue weighted by Crippen LogP contribution is 2.29. The number of rotatable bonds is 5. The van der Waals surface area contributed by atoms with Crippen molar-refractivity contribution in [2.45, 2.75) is 46.1 Å². The summed E-state index contributed by atoms with van der Waals surface area (Å²) in [5.41, 5.74) is 2.41. The molecule has 0 aliphatic heterocycles. The van der Waals surface area contributed by atoms with Gasteiger partial charge in [0.15, 0.2) is 5.43 Å². The summed E-state index contributed by atoms with van der Waals surface area (Å²) < 4.78 is 16.8. The van der Waals surface area contributed by atoms with Crippen LogP contribution in [-0.4, -0.2) is 13.1 Å². The molecule has 0 spiro atoms. The van der Waals surface area contributed by atoms with Gasteiger partial charge in [0.25, 0.3) is 0 Å². The molecule has 0 amide bonds. The fourth-order valence-electron chi connectivity index (χ4n) is 3.13. The summed E-state index contributed by atoms with van der Waals surface area (Å²) in [5.74, 6) is 0.629. The van der Waals surface area contributed by atoms with Crippen LogP contribution < -0.4 is 10.2 Å². The quantitative estimate of drug-likeness (QED) is 0.569. The summed E-state index contributed by atoms with van der Waals surface area (Å²) >= 11 is 0. The molecule has 5 heteroatoms. The topological polar surface area (TPSA) is 65.7 Å². The molecule has 0 atom stereocenters. The lowest BCUT2D eigenvalue weighted by Gasteiger charge is -2.19. The largest absolute Gasteiger partial charge is 0.496 e. The molecule has 1 aromatic heterocycles. The number of hydrogen-bond acceptors (Lipinski definition) is 5. The fourth-order valence-corrected chi connectivity index (χ4v) is 3.13. The smallest absolute Gasteiger partial charge is 0.338 e. The van der Waals surface area contributed by atoms with E-state index in [0.29, 0.717) is 40.0 Å². The molecule has 0 aliphatic rings. The standard InChI is InChI=1S/C24H26O5/c1-6-17-13-20(25)18-11-12-21(27-5)19(22(18)29-17)14-28-23(26)15-7-9-16(10-8-15)24(2,3)4/h7-13H,6,14H2,1-5H3. The zero-order chi connectivity index (χ0) is 21.2. The van der Waals surface area contributed by atoms with Crippen LogP contribution in [-0.2, 0) is 23.2 Å². The third-order valence-electron chi connectivity index (χ3n) is 4.91. The summed E-state index contributed by atoms with van der Waals surface area (Å²) in [7, 11) is 1.53. The number of aryl methyl sites for hydroxylation is 1. The SMILES string of the molecule is CCc1cc(=O)c2ccc(OC)c(COC(=O)c3ccc(C(C)(C)C)cc3)c2o1. The number of hydrogen-bond donors (Lipinski definition) is 0. The Hall–Kier alpha value is -3.08. The molecule has 0 fully saturated rings. The number of esters is 1. The van der Waals surface area contributed by atoms with Crippen molar-refractivity contribution in [3.05, 3.63) is 75.1 Å². The Labute approximate surface area is 170 Å². The van der Waals surface area contributed by atoms with Crippen LogP contribution in [0.1, 0.15) is 54.9 Å². The van der Waals surface area contributed by atoms with Crippen LogP contribution in [0.25, 0.3) is 11.0 Å². The minimum Gasteiger partial charge on any atom is -0.496 e. The van der Waals surface area contributed by atoms with Crippen molar-refractivity contribution in [3.63, 3.8) is 0 Å². The van der Waals surface area contributed by atoms with Gasteiger partial charge in [-0.25, -0.2) is 4.79 Å². The molecule has 0 N–H and O–H groups in total. The second-order valence-corrected chi connectivity index (χ2v) is 7.96. The van der Waals surface area contributed by atoms with Gasteiger partial charge in [-0.3, -0.25) is 4.79 Å². The monoisotopic (exact) mass is 394 g/mol. The Morgan fingerprint density at radius 1 is 1.07 bits per heavy atom. The maximum Gasteiger partial charge on any atom is 0.338 e. The predicted octanol–water partition coefficient (Wildman–Crippen LogP) is 5.02. The average molecular weight is 394 g/mol. The maximum absolute atomic E-state index is 12.5. The predicted molar refractivity (Wildman–Crippen MR) is 113 cm³/mol. The second-order valence-electron chi connectivity index (χ2n) is 7.96. The van der Waals surface area contributed by atoms with Crippen LogP contribution in [0.4, 0.5) is 0 Å². The molecule has 3 aromatic rings. The van der Waals surface area contributed by atoms with Crippen molar-refractivity contribution in [1.82, 2.24) is 0 Å². The van der Waals surface area contributed by atoms with E-state index >= 15 is 0 Å². The Morgan fingerprint density at radius 2 is 1.76 bits per heavy atom. The first kappa shape index (κ1) is 20.6. The van der Waals surface area contributed by atoms with Crippen LogP contribution in [0.2, 0.25) is 0 Å². The van der Waals surface area contributed by atoms with Gasteiger partial charge in [-0.2, -0.15) is 0 Å². The van der Waals surface area contributed by atoms with Crippen LogP contribution >= 0.6 is 0 Å². The summed E-state index contributed by atoms with van der Waals surface area (Å²) in [6.45, 7) is 8.20. The number of carbonyl (C=O) groups excluding carboxylic acids is 1.